The Balaban J connectivity index is 1.96. The molecule has 3 rings (SSSR count). The zero-order chi connectivity index (χ0) is 17.2. The Morgan fingerprint density at radius 2 is 1.67 bits per heavy atom. The molecule has 0 spiro atoms. The van der Waals surface area contributed by atoms with E-state index in [9.17, 15) is 17.6 Å². The fraction of sp³-hybridized carbons (Fsp3) is 0.667. The SMILES string of the molecule is Fc1cc([C@H](C2CCCCC2)N2CCNCC2)cc(C(F)(F)F)c1. The second-order valence-corrected chi connectivity index (χ2v) is 6.90. The van der Waals surface area contributed by atoms with Gasteiger partial charge in [-0.15, -0.1) is 0 Å². The molecule has 24 heavy (non-hydrogen) atoms. The van der Waals surface area contributed by atoms with E-state index in [1.165, 1.54) is 12.5 Å². The first-order valence-corrected chi connectivity index (χ1v) is 8.77. The normalized spacial score (nSPS) is 22.5. The highest BCUT2D eigenvalue weighted by Crippen LogP contribution is 2.40. The molecule has 1 aliphatic carbocycles. The van der Waals surface area contributed by atoms with Gasteiger partial charge in [-0.1, -0.05) is 19.3 Å². The van der Waals surface area contributed by atoms with Gasteiger partial charge >= 0.3 is 6.18 Å². The van der Waals surface area contributed by atoms with E-state index in [1.807, 2.05) is 0 Å². The molecule has 2 fully saturated rings. The maximum absolute atomic E-state index is 13.9. The van der Waals surface area contributed by atoms with Crippen molar-refractivity contribution in [3.05, 3.63) is 35.1 Å². The van der Waals surface area contributed by atoms with Crippen molar-refractivity contribution in [1.82, 2.24) is 10.2 Å². The van der Waals surface area contributed by atoms with E-state index >= 15 is 0 Å². The standard InChI is InChI=1S/C18H24F4N2/c19-16-11-14(10-15(12-16)18(20,21)22)17(13-4-2-1-3-5-13)24-8-6-23-7-9-24/h10-13,17,23H,1-9H2/t17-/m0/s1. The number of halogens is 4. The lowest BCUT2D eigenvalue weighted by molar-refractivity contribution is -0.137. The summed E-state index contributed by atoms with van der Waals surface area (Å²) in [6.45, 7) is 3.23. The van der Waals surface area contributed by atoms with Crippen LogP contribution in [0.5, 0.6) is 0 Å². The Morgan fingerprint density at radius 1 is 1.00 bits per heavy atom. The van der Waals surface area contributed by atoms with Crippen LogP contribution in [-0.4, -0.2) is 31.1 Å². The van der Waals surface area contributed by atoms with Gasteiger partial charge in [-0.3, -0.25) is 4.90 Å². The van der Waals surface area contributed by atoms with E-state index in [0.717, 1.165) is 57.9 Å². The molecule has 1 aromatic rings. The predicted octanol–water partition coefficient (Wildman–Crippen LogP) is 4.37. The maximum Gasteiger partial charge on any atom is 0.416 e. The Kier molecular flexibility index (Phi) is 5.45. The Bertz CT molecular complexity index is 528. The lowest BCUT2D eigenvalue weighted by atomic mass is 9.80. The highest BCUT2D eigenvalue weighted by Gasteiger charge is 2.35. The minimum Gasteiger partial charge on any atom is -0.314 e. The highest BCUT2D eigenvalue weighted by molar-refractivity contribution is 5.30. The lowest BCUT2D eigenvalue weighted by Gasteiger charge is -2.41. The molecular weight excluding hydrogens is 320 g/mol. The molecule has 1 saturated carbocycles. The first kappa shape index (κ1) is 17.7. The third-order valence-electron chi connectivity index (χ3n) is 5.23. The fourth-order valence-electron chi connectivity index (χ4n) is 4.14. The van der Waals surface area contributed by atoms with Crippen LogP contribution in [-0.2, 0) is 6.18 Å². The molecule has 1 saturated heterocycles. The number of piperazine rings is 1. The maximum atomic E-state index is 13.9. The molecule has 0 radical (unpaired) electrons. The number of hydrogen-bond acceptors (Lipinski definition) is 2. The number of nitrogens with zero attached hydrogens (tertiary/aromatic N) is 1. The summed E-state index contributed by atoms with van der Waals surface area (Å²) in [7, 11) is 0. The first-order chi connectivity index (χ1) is 11.4. The minimum atomic E-state index is -4.52. The molecule has 2 aliphatic rings. The van der Waals surface area contributed by atoms with Crippen molar-refractivity contribution in [2.45, 2.75) is 44.3 Å². The average Bonchev–Trinajstić information content (AvgIpc) is 2.56. The van der Waals surface area contributed by atoms with Gasteiger partial charge in [0.05, 0.1) is 5.56 Å². The zero-order valence-electron chi connectivity index (χ0n) is 13.7. The van der Waals surface area contributed by atoms with E-state index in [2.05, 4.69) is 10.2 Å². The smallest absolute Gasteiger partial charge is 0.314 e. The monoisotopic (exact) mass is 344 g/mol. The average molecular weight is 344 g/mol. The van der Waals surface area contributed by atoms with Crippen molar-refractivity contribution in [3.8, 4) is 0 Å². The first-order valence-electron chi connectivity index (χ1n) is 8.77. The summed E-state index contributed by atoms with van der Waals surface area (Å²) in [6.07, 6.45) is 0.890. The Morgan fingerprint density at radius 3 is 2.29 bits per heavy atom. The highest BCUT2D eigenvalue weighted by atomic mass is 19.4. The van der Waals surface area contributed by atoms with E-state index in [-0.39, 0.29) is 6.04 Å². The molecule has 1 atom stereocenters. The van der Waals surface area contributed by atoms with Crippen LogP contribution < -0.4 is 5.32 Å². The molecule has 0 amide bonds. The molecule has 1 aliphatic heterocycles. The van der Waals surface area contributed by atoms with Gasteiger partial charge in [0.1, 0.15) is 5.82 Å². The van der Waals surface area contributed by atoms with E-state index < -0.39 is 17.6 Å². The fourth-order valence-corrected chi connectivity index (χ4v) is 4.14. The van der Waals surface area contributed by atoms with Gasteiger partial charge in [-0.25, -0.2) is 4.39 Å². The summed E-state index contributed by atoms with van der Waals surface area (Å²) >= 11 is 0. The minimum absolute atomic E-state index is 0.121. The Labute approximate surface area is 140 Å². The third-order valence-corrected chi connectivity index (χ3v) is 5.23. The quantitative estimate of drug-likeness (QED) is 0.819. The van der Waals surface area contributed by atoms with Crippen molar-refractivity contribution < 1.29 is 17.6 Å². The molecule has 2 nitrogen and oxygen atoms in total. The van der Waals surface area contributed by atoms with Crippen LogP contribution in [0, 0.1) is 11.7 Å². The number of benzene rings is 1. The molecular formula is C18H24F4N2. The second kappa shape index (κ2) is 7.40. The third kappa shape index (κ3) is 4.09. The molecule has 1 aromatic carbocycles. The summed E-state index contributed by atoms with van der Waals surface area (Å²) in [5.74, 6) is -0.490. The van der Waals surface area contributed by atoms with Crippen LogP contribution >= 0.6 is 0 Å². The number of alkyl halides is 3. The zero-order valence-corrected chi connectivity index (χ0v) is 13.7. The second-order valence-electron chi connectivity index (χ2n) is 6.90. The summed E-state index contributed by atoms with van der Waals surface area (Å²) < 4.78 is 53.2. The van der Waals surface area contributed by atoms with Gasteiger partial charge in [0.15, 0.2) is 0 Å². The number of rotatable bonds is 3. The van der Waals surface area contributed by atoms with Crippen LogP contribution in [0.1, 0.15) is 49.3 Å². The Hall–Kier alpha value is -1.14. The molecule has 0 aromatic heterocycles. The van der Waals surface area contributed by atoms with Crippen molar-refractivity contribution in [2.24, 2.45) is 5.92 Å². The van der Waals surface area contributed by atoms with Crippen LogP contribution in [0.2, 0.25) is 0 Å². The summed E-state index contributed by atoms with van der Waals surface area (Å²) in [6, 6.07) is 2.93. The van der Waals surface area contributed by atoms with E-state index in [0.29, 0.717) is 17.5 Å². The summed E-state index contributed by atoms with van der Waals surface area (Å²) in [5, 5.41) is 3.28. The van der Waals surface area contributed by atoms with Crippen LogP contribution in [0.4, 0.5) is 17.6 Å². The molecule has 0 bridgehead atoms. The van der Waals surface area contributed by atoms with Gasteiger partial charge in [-0.2, -0.15) is 13.2 Å². The van der Waals surface area contributed by atoms with Crippen LogP contribution in [0.15, 0.2) is 18.2 Å². The van der Waals surface area contributed by atoms with Crippen molar-refractivity contribution in [3.63, 3.8) is 0 Å². The number of hydrogen-bond donors (Lipinski definition) is 1. The molecule has 6 heteroatoms. The lowest BCUT2D eigenvalue weighted by Crippen LogP contribution is -2.47. The van der Waals surface area contributed by atoms with Gasteiger partial charge in [0, 0.05) is 32.2 Å². The summed E-state index contributed by atoms with van der Waals surface area (Å²) in [5.41, 5.74) is -0.399. The van der Waals surface area contributed by atoms with Gasteiger partial charge in [0.2, 0.25) is 0 Å². The van der Waals surface area contributed by atoms with Crippen molar-refractivity contribution in [2.75, 3.05) is 26.2 Å². The van der Waals surface area contributed by atoms with Gasteiger partial charge in [-0.05, 0) is 42.5 Å². The van der Waals surface area contributed by atoms with Crippen molar-refractivity contribution >= 4 is 0 Å². The molecule has 1 N–H and O–H groups in total. The van der Waals surface area contributed by atoms with Gasteiger partial charge in [0.25, 0.3) is 0 Å². The van der Waals surface area contributed by atoms with Crippen molar-refractivity contribution in [1.29, 1.82) is 0 Å². The molecule has 0 unspecified atom stereocenters. The van der Waals surface area contributed by atoms with Gasteiger partial charge < -0.3 is 5.32 Å². The topological polar surface area (TPSA) is 15.3 Å². The molecule has 134 valence electrons. The predicted molar refractivity (Wildman–Crippen MR) is 85.2 cm³/mol. The van der Waals surface area contributed by atoms with E-state index in [4.69, 9.17) is 0 Å². The summed E-state index contributed by atoms with van der Waals surface area (Å²) in [4.78, 5) is 2.24. The van der Waals surface area contributed by atoms with Crippen LogP contribution in [0.3, 0.4) is 0 Å². The van der Waals surface area contributed by atoms with E-state index in [1.54, 1.807) is 0 Å². The largest absolute Gasteiger partial charge is 0.416 e. The van der Waals surface area contributed by atoms with Crippen LogP contribution in [0.25, 0.3) is 0 Å². The number of nitrogens with one attached hydrogen (secondary N) is 1. The molecule has 1 heterocycles.